The molecule has 0 unspecified atom stereocenters. The maximum atomic E-state index is 13.9. The minimum Gasteiger partial charge on any atom is -0.497 e. The van der Waals surface area contributed by atoms with Crippen molar-refractivity contribution < 1.29 is 26.7 Å². The summed E-state index contributed by atoms with van der Waals surface area (Å²) in [6.45, 7) is -0.625. The van der Waals surface area contributed by atoms with Crippen molar-refractivity contribution in [3.05, 3.63) is 84.4 Å². The van der Waals surface area contributed by atoms with E-state index in [9.17, 15) is 22.0 Å². The molecule has 9 heteroatoms. The summed E-state index contributed by atoms with van der Waals surface area (Å²) in [5, 5.41) is 2.27. The van der Waals surface area contributed by atoms with Gasteiger partial charge in [-0.15, -0.1) is 0 Å². The zero-order valence-electron chi connectivity index (χ0n) is 15.9. The number of nitrogens with one attached hydrogen (secondary N) is 1. The molecule has 6 nitrogen and oxygen atoms in total. The zero-order valence-corrected chi connectivity index (χ0v) is 16.7. The molecule has 156 valence electrons. The van der Waals surface area contributed by atoms with Crippen LogP contribution in [0.4, 0.5) is 20.2 Å². The van der Waals surface area contributed by atoms with Crippen molar-refractivity contribution in [1.82, 2.24) is 0 Å². The number of carbonyl (C=O) groups is 1. The van der Waals surface area contributed by atoms with E-state index in [1.165, 1.54) is 31.4 Å². The average molecular weight is 432 g/mol. The first-order valence-electron chi connectivity index (χ1n) is 8.78. The first-order chi connectivity index (χ1) is 14.3. The normalized spacial score (nSPS) is 11.0. The highest BCUT2D eigenvalue weighted by atomic mass is 32.2. The molecule has 0 saturated heterocycles. The number of amides is 1. The topological polar surface area (TPSA) is 75.7 Å². The van der Waals surface area contributed by atoms with Gasteiger partial charge in [0.05, 0.1) is 23.4 Å². The van der Waals surface area contributed by atoms with Crippen LogP contribution in [0.3, 0.4) is 0 Å². The van der Waals surface area contributed by atoms with Gasteiger partial charge in [-0.25, -0.2) is 17.2 Å². The molecule has 1 amide bonds. The average Bonchev–Trinajstić information content (AvgIpc) is 2.75. The Morgan fingerprint density at radius 1 is 1.00 bits per heavy atom. The Kier molecular flexibility index (Phi) is 6.31. The van der Waals surface area contributed by atoms with Gasteiger partial charge in [-0.1, -0.05) is 18.2 Å². The fourth-order valence-electron chi connectivity index (χ4n) is 2.69. The maximum Gasteiger partial charge on any atom is 0.264 e. The van der Waals surface area contributed by atoms with Gasteiger partial charge in [0.25, 0.3) is 10.0 Å². The van der Waals surface area contributed by atoms with Gasteiger partial charge in [-0.05, 0) is 48.5 Å². The highest BCUT2D eigenvalue weighted by Crippen LogP contribution is 2.26. The summed E-state index contributed by atoms with van der Waals surface area (Å²) in [5.74, 6) is -2.05. The van der Waals surface area contributed by atoms with Gasteiger partial charge in [0, 0.05) is 6.07 Å². The molecule has 1 N–H and O–H groups in total. The van der Waals surface area contributed by atoms with Crippen LogP contribution >= 0.6 is 0 Å². The van der Waals surface area contributed by atoms with Crippen molar-refractivity contribution >= 4 is 27.3 Å². The number of hydrogen-bond acceptors (Lipinski definition) is 4. The van der Waals surface area contributed by atoms with Crippen LogP contribution in [0.5, 0.6) is 5.75 Å². The highest BCUT2D eigenvalue weighted by molar-refractivity contribution is 7.92. The Morgan fingerprint density at radius 3 is 2.27 bits per heavy atom. The van der Waals surface area contributed by atoms with E-state index in [4.69, 9.17) is 4.74 Å². The molecule has 3 aromatic carbocycles. The number of nitrogens with zero attached hydrogens (tertiary/aromatic N) is 1. The Balaban J connectivity index is 1.93. The molecule has 0 aromatic heterocycles. The number of anilines is 2. The number of ether oxygens (including phenoxy) is 1. The summed E-state index contributed by atoms with van der Waals surface area (Å²) in [4.78, 5) is 12.5. The van der Waals surface area contributed by atoms with Crippen molar-refractivity contribution in [2.24, 2.45) is 0 Å². The summed E-state index contributed by atoms with van der Waals surface area (Å²) in [5.41, 5.74) is -0.0393. The Hall–Kier alpha value is -3.46. The van der Waals surface area contributed by atoms with Crippen LogP contribution in [0.1, 0.15) is 0 Å². The third-order valence-corrected chi connectivity index (χ3v) is 5.97. The van der Waals surface area contributed by atoms with Crippen LogP contribution in [0, 0.1) is 11.6 Å². The van der Waals surface area contributed by atoms with Crippen molar-refractivity contribution in [3.63, 3.8) is 0 Å². The van der Waals surface area contributed by atoms with E-state index in [1.54, 1.807) is 30.3 Å². The summed E-state index contributed by atoms with van der Waals surface area (Å²) >= 11 is 0. The third kappa shape index (κ3) is 4.74. The molecule has 3 rings (SSSR count). The predicted octanol–water partition coefficient (Wildman–Crippen LogP) is 3.81. The Labute approximate surface area is 172 Å². The molecule has 0 aliphatic heterocycles. The van der Waals surface area contributed by atoms with Gasteiger partial charge in [0.15, 0.2) is 0 Å². The number of halogens is 2. The second-order valence-corrected chi connectivity index (χ2v) is 8.06. The van der Waals surface area contributed by atoms with Gasteiger partial charge >= 0.3 is 0 Å². The van der Waals surface area contributed by atoms with E-state index in [1.807, 2.05) is 0 Å². The lowest BCUT2D eigenvalue weighted by molar-refractivity contribution is -0.114. The molecule has 0 aliphatic carbocycles. The van der Waals surface area contributed by atoms with Crippen LogP contribution in [-0.2, 0) is 14.8 Å². The molecule has 0 spiro atoms. The van der Waals surface area contributed by atoms with Gasteiger partial charge in [0.2, 0.25) is 5.91 Å². The second-order valence-electron chi connectivity index (χ2n) is 6.20. The van der Waals surface area contributed by atoms with Gasteiger partial charge < -0.3 is 10.1 Å². The minimum atomic E-state index is -4.10. The standard InChI is InChI=1S/C21H18F2N2O4S/c1-29-17-10-8-16(9-11-17)25(30(27,28)18-5-3-2-4-6-18)14-21(26)24-20-12-7-15(22)13-19(20)23/h2-13H,14H2,1H3,(H,24,26). The van der Waals surface area contributed by atoms with Crippen LogP contribution in [-0.4, -0.2) is 28.0 Å². The summed E-state index contributed by atoms with van der Waals surface area (Å²) in [6, 6.07) is 16.4. The fraction of sp³-hybridized carbons (Fsp3) is 0.0952. The molecule has 0 bridgehead atoms. The number of hydrogen-bond donors (Lipinski definition) is 1. The van der Waals surface area contributed by atoms with E-state index in [0.29, 0.717) is 11.8 Å². The number of methoxy groups -OCH3 is 1. The molecule has 0 radical (unpaired) electrons. The number of rotatable bonds is 7. The molecular formula is C21H18F2N2O4S. The van der Waals surface area contributed by atoms with Crippen molar-refractivity contribution in [2.45, 2.75) is 4.90 Å². The lowest BCUT2D eigenvalue weighted by Crippen LogP contribution is -2.38. The number of carbonyl (C=O) groups excluding carboxylic acids is 1. The van der Waals surface area contributed by atoms with Crippen LogP contribution < -0.4 is 14.4 Å². The SMILES string of the molecule is COc1ccc(N(CC(=O)Nc2ccc(F)cc2F)S(=O)(=O)c2ccccc2)cc1. The first-order valence-corrected chi connectivity index (χ1v) is 10.2. The number of benzene rings is 3. The molecule has 0 heterocycles. The molecule has 0 fully saturated rings. The fourth-order valence-corrected chi connectivity index (χ4v) is 4.14. The van der Waals surface area contributed by atoms with Crippen LogP contribution in [0.25, 0.3) is 0 Å². The summed E-state index contributed by atoms with van der Waals surface area (Å²) < 4.78 is 59.3. The highest BCUT2D eigenvalue weighted by Gasteiger charge is 2.27. The van der Waals surface area contributed by atoms with Crippen LogP contribution in [0.15, 0.2) is 77.7 Å². The second kappa shape index (κ2) is 8.91. The van der Waals surface area contributed by atoms with Crippen molar-refractivity contribution in [1.29, 1.82) is 0 Å². The molecule has 0 saturated carbocycles. The predicted molar refractivity (Wildman–Crippen MR) is 109 cm³/mol. The lowest BCUT2D eigenvalue weighted by atomic mass is 10.3. The van der Waals surface area contributed by atoms with E-state index in [-0.39, 0.29) is 16.3 Å². The summed E-state index contributed by atoms with van der Waals surface area (Å²) in [7, 11) is -2.63. The largest absolute Gasteiger partial charge is 0.497 e. The third-order valence-electron chi connectivity index (χ3n) is 4.18. The Morgan fingerprint density at radius 2 is 1.67 bits per heavy atom. The minimum absolute atomic E-state index is 0.0124. The van der Waals surface area contributed by atoms with Gasteiger partial charge in [0.1, 0.15) is 23.9 Å². The summed E-state index contributed by atoms with van der Waals surface area (Å²) in [6.07, 6.45) is 0. The van der Waals surface area contributed by atoms with E-state index in [2.05, 4.69) is 5.32 Å². The van der Waals surface area contributed by atoms with Gasteiger partial charge in [-0.2, -0.15) is 0 Å². The molecule has 30 heavy (non-hydrogen) atoms. The van der Waals surface area contributed by atoms with Gasteiger partial charge in [-0.3, -0.25) is 9.10 Å². The van der Waals surface area contributed by atoms with E-state index >= 15 is 0 Å². The zero-order chi connectivity index (χ0) is 21.7. The molecule has 0 atom stereocenters. The quantitative estimate of drug-likeness (QED) is 0.616. The van der Waals surface area contributed by atoms with E-state index < -0.39 is 34.1 Å². The molecular weight excluding hydrogens is 414 g/mol. The maximum absolute atomic E-state index is 13.9. The van der Waals surface area contributed by atoms with Crippen LogP contribution in [0.2, 0.25) is 0 Å². The van der Waals surface area contributed by atoms with Crippen molar-refractivity contribution in [3.8, 4) is 5.75 Å². The van der Waals surface area contributed by atoms with E-state index in [0.717, 1.165) is 16.4 Å². The Bertz CT molecular complexity index is 1140. The molecule has 3 aromatic rings. The monoisotopic (exact) mass is 432 g/mol. The number of sulfonamides is 1. The van der Waals surface area contributed by atoms with Crippen molar-refractivity contribution in [2.75, 3.05) is 23.3 Å². The molecule has 0 aliphatic rings. The lowest BCUT2D eigenvalue weighted by Gasteiger charge is -2.24. The first kappa shape index (κ1) is 21.3. The smallest absolute Gasteiger partial charge is 0.264 e.